The quantitative estimate of drug-likeness (QED) is 0.746. The molecule has 5 nitrogen and oxygen atoms in total. The van der Waals surface area contributed by atoms with Gasteiger partial charge < -0.3 is 11.1 Å². The first kappa shape index (κ1) is 14.7. The van der Waals surface area contributed by atoms with Crippen LogP contribution in [-0.4, -0.2) is 28.3 Å². The van der Waals surface area contributed by atoms with E-state index >= 15 is 0 Å². The zero-order valence-electron chi connectivity index (χ0n) is 11.5. The minimum atomic E-state index is -0.108. The Labute approximate surface area is 109 Å². The number of hydrogen-bond donors (Lipinski definition) is 2. The van der Waals surface area contributed by atoms with Gasteiger partial charge in [-0.2, -0.15) is 5.10 Å². The lowest BCUT2D eigenvalue weighted by Crippen LogP contribution is -2.40. The summed E-state index contributed by atoms with van der Waals surface area (Å²) in [6.07, 6.45) is 4.92. The smallest absolute Gasteiger partial charge is 0.221 e. The molecule has 0 aromatic carbocycles. The van der Waals surface area contributed by atoms with Crippen LogP contribution in [0.1, 0.15) is 33.6 Å². The number of rotatable bonds is 6. The molecule has 0 aliphatic rings. The molecule has 5 heteroatoms. The van der Waals surface area contributed by atoms with Crippen LogP contribution in [-0.2, 0) is 11.3 Å². The van der Waals surface area contributed by atoms with Gasteiger partial charge >= 0.3 is 0 Å². The van der Waals surface area contributed by atoms with Crippen LogP contribution in [0.15, 0.2) is 18.5 Å². The largest absolute Gasteiger partial charge is 0.356 e. The standard InChI is InChI=1S/C13H24N4O/c1-13(2,3)11(14)10-12(18)15-6-4-8-17-9-5-7-16-17/h5,7,9,11H,4,6,8,10,14H2,1-3H3,(H,15,18). The number of aromatic nitrogens is 2. The fourth-order valence-electron chi connectivity index (χ4n) is 1.48. The third-order valence-corrected chi connectivity index (χ3v) is 2.96. The summed E-state index contributed by atoms with van der Waals surface area (Å²) in [5.74, 6) is 0.0258. The average molecular weight is 252 g/mol. The van der Waals surface area contributed by atoms with Crippen molar-refractivity contribution in [2.75, 3.05) is 6.54 Å². The van der Waals surface area contributed by atoms with Gasteiger partial charge in [-0.1, -0.05) is 20.8 Å². The molecule has 1 aromatic heterocycles. The number of nitrogens with zero attached hydrogens (tertiary/aromatic N) is 2. The number of amides is 1. The van der Waals surface area contributed by atoms with Gasteiger partial charge in [0, 0.05) is 37.9 Å². The maximum Gasteiger partial charge on any atom is 0.221 e. The van der Waals surface area contributed by atoms with Crippen molar-refractivity contribution in [3.8, 4) is 0 Å². The van der Waals surface area contributed by atoms with Gasteiger partial charge in [0.1, 0.15) is 0 Å². The van der Waals surface area contributed by atoms with E-state index in [0.29, 0.717) is 13.0 Å². The van der Waals surface area contributed by atoms with Gasteiger partial charge in [0.25, 0.3) is 0 Å². The molecule has 0 bridgehead atoms. The first-order chi connectivity index (χ1) is 8.39. The molecule has 1 aromatic rings. The van der Waals surface area contributed by atoms with Gasteiger partial charge in [0.2, 0.25) is 5.91 Å². The number of carbonyl (C=O) groups excluding carboxylic acids is 1. The van der Waals surface area contributed by atoms with E-state index in [1.165, 1.54) is 0 Å². The summed E-state index contributed by atoms with van der Waals surface area (Å²) >= 11 is 0. The van der Waals surface area contributed by atoms with Gasteiger partial charge in [-0.25, -0.2) is 0 Å². The fraction of sp³-hybridized carbons (Fsp3) is 0.692. The van der Waals surface area contributed by atoms with Crippen LogP contribution < -0.4 is 11.1 Å². The molecule has 0 aliphatic carbocycles. The molecule has 0 fully saturated rings. The summed E-state index contributed by atoms with van der Waals surface area (Å²) in [5.41, 5.74) is 5.92. The molecule has 18 heavy (non-hydrogen) atoms. The van der Waals surface area contributed by atoms with Crippen LogP contribution in [0, 0.1) is 5.41 Å². The van der Waals surface area contributed by atoms with Crippen molar-refractivity contribution >= 4 is 5.91 Å². The Bertz CT molecular complexity index is 354. The lowest BCUT2D eigenvalue weighted by atomic mass is 9.85. The van der Waals surface area contributed by atoms with Gasteiger partial charge in [-0.05, 0) is 17.9 Å². The predicted octanol–water partition coefficient (Wildman–Crippen LogP) is 1.15. The van der Waals surface area contributed by atoms with Gasteiger partial charge in [-0.3, -0.25) is 9.48 Å². The molecule has 1 unspecified atom stereocenters. The Morgan fingerprint density at radius 1 is 1.50 bits per heavy atom. The maximum atomic E-state index is 11.6. The van der Waals surface area contributed by atoms with Gasteiger partial charge in [-0.15, -0.1) is 0 Å². The molecular weight excluding hydrogens is 228 g/mol. The van der Waals surface area contributed by atoms with Crippen molar-refractivity contribution in [1.29, 1.82) is 0 Å². The van der Waals surface area contributed by atoms with E-state index in [2.05, 4.69) is 10.4 Å². The predicted molar refractivity (Wildman–Crippen MR) is 71.9 cm³/mol. The van der Waals surface area contributed by atoms with E-state index in [0.717, 1.165) is 13.0 Å². The minimum Gasteiger partial charge on any atom is -0.356 e. The number of aryl methyl sites for hydroxylation is 1. The molecular formula is C13H24N4O. The lowest BCUT2D eigenvalue weighted by molar-refractivity contribution is -0.121. The molecule has 0 spiro atoms. The molecule has 0 aliphatic heterocycles. The first-order valence-electron chi connectivity index (χ1n) is 6.39. The molecule has 1 amide bonds. The molecule has 0 radical (unpaired) electrons. The number of nitrogens with one attached hydrogen (secondary N) is 1. The minimum absolute atomic E-state index is 0.0258. The monoisotopic (exact) mass is 252 g/mol. The van der Waals surface area contributed by atoms with Gasteiger partial charge in [0.05, 0.1) is 0 Å². The second kappa shape index (κ2) is 6.54. The van der Waals surface area contributed by atoms with Crippen LogP contribution in [0.25, 0.3) is 0 Å². The number of nitrogens with two attached hydrogens (primary N) is 1. The highest BCUT2D eigenvalue weighted by atomic mass is 16.1. The second-order valence-electron chi connectivity index (χ2n) is 5.65. The van der Waals surface area contributed by atoms with E-state index in [9.17, 15) is 4.79 Å². The number of hydrogen-bond acceptors (Lipinski definition) is 3. The highest BCUT2D eigenvalue weighted by Gasteiger charge is 2.22. The summed E-state index contributed by atoms with van der Waals surface area (Å²) in [7, 11) is 0. The Morgan fingerprint density at radius 2 is 2.22 bits per heavy atom. The zero-order valence-corrected chi connectivity index (χ0v) is 11.5. The van der Waals surface area contributed by atoms with E-state index in [4.69, 9.17) is 5.73 Å². The topological polar surface area (TPSA) is 72.9 Å². The van der Waals surface area contributed by atoms with E-state index in [1.54, 1.807) is 6.20 Å². The molecule has 0 saturated heterocycles. The fourth-order valence-corrected chi connectivity index (χ4v) is 1.48. The SMILES string of the molecule is CC(C)(C)C(N)CC(=O)NCCCn1cccn1. The van der Waals surface area contributed by atoms with Crippen LogP contribution in [0.5, 0.6) is 0 Å². The maximum absolute atomic E-state index is 11.6. The number of carbonyl (C=O) groups is 1. The van der Waals surface area contributed by atoms with Gasteiger partial charge in [0.15, 0.2) is 0 Å². The Kier molecular flexibility index (Phi) is 5.34. The third-order valence-electron chi connectivity index (χ3n) is 2.96. The first-order valence-corrected chi connectivity index (χ1v) is 6.39. The summed E-state index contributed by atoms with van der Waals surface area (Å²) in [6.45, 7) is 7.61. The summed E-state index contributed by atoms with van der Waals surface area (Å²) in [6, 6.07) is 1.78. The van der Waals surface area contributed by atoms with Crippen molar-refractivity contribution in [2.24, 2.45) is 11.1 Å². The van der Waals surface area contributed by atoms with Crippen molar-refractivity contribution in [3.05, 3.63) is 18.5 Å². The van der Waals surface area contributed by atoms with E-state index < -0.39 is 0 Å². The van der Waals surface area contributed by atoms with Crippen LogP contribution in [0.3, 0.4) is 0 Å². The van der Waals surface area contributed by atoms with Crippen LogP contribution in [0.4, 0.5) is 0 Å². The Morgan fingerprint density at radius 3 is 2.78 bits per heavy atom. The molecule has 1 atom stereocenters. The normalized spacial score (nSPS) is 13.3. The van der Waals surface area contributed by atoms with E-state index in [1.807, 2.05) is 37.7 Å². The second-order valence-corrected chi connectivity index (χ2v) is 5.65. The van der Waals surface area contributed by atoms with Crippen LogP contribution >= 0.6 is 0 Å². The molecule has 102 valence electrons. The molecule has 0 saturated carbocycles. The summed E-state index contributed by atoms with van der Waals surface area (Å²) in [4.78, 5) is 11.6. The summed E-state index contributed by atoms with van der Waals surface area (Å²) < 4.78 is 1.85. The Balaban J connectivity index is 2.14. The third kappa shape index (κ3) is 5.31. The molecule has 3 N–H and O–H groups in total. The average Bonchev–Trinajstić information content (AvgIpc) is 2.75. The Hall–Kier alpha value is -1.36. The van der Waals surface area contributed by atoms with Crippen LogP contribution in [0.2, 0.25) is 0 Å². The molecule has 1 rings (SSSR count). The lowest BCUT2D eigenvalue weighted by Gasteiger charge is -2.26. The van der Waals surface area contributed by atoms with Crippen molar-refractivity contribution in [1.82, 2.24) is 15.1 Å². The van der Waals surface area contributed by atoms with Crippen molar-refractivity contribution in [3.63, 3.8) is 0 Å². The molecule has 1 heterocycles. The van der Waals surface area contributed by atoms with E-state index in [-0.39, 0.29) is 17.4 Å². The van der Waals surface area contributed by atoms with Crippen molar-refractivity contribution < 1.29 is 4.79 Å². The highest BCUT2D eigenvalue weighted by molar-refractivity contribution is 5.76. The summed E-state index contributed by atoms with van der Waals surface area (Å²) in [5, 5.41) is 6.99. The highest BCUT2D eigenvalue weighted by Crippen LogP contribution is 2.19. The zero-order chi connectivity index (χ0) is 13.6. The van der Waals surface area contributed by atoms with Crippen molar-refractivity contribution in [2.45, 2.75) is 46.2 Å².